The standard InChI is InChI=1S/C34H26FN5O9/c35-33-25(5-2-6-27(33)49-19-28(41)37-23-7-9-29(42)39(15-23)17-31(44)45)26-14-21(11-12-36-26)20-3-1-4-22(13-20)34(48)38-24-8-10-30(43)40(16-24)18-32(46)47/h1-16H,17-19H2,(H,37,41)(H,38,48)(H,44,45)(H,46,47). The predicted molar refractivity (Wildman–Crippen MR) is 174 cm³/mol. The van der Waals surface area contributed by atoms with Crippen LogP contribution in [-0.4, -0.2) is 54.7 Å². The van der Waals surface area contributed by atoms with Crippen molar-refractivity contribution in [1.82, 2.24) is 14.1 Å². The van der Waals surface area contributed by atoms with Crippen molar-refractivity contribution in [2.75, 3.05) is 17.2 Å². The van der Waals surface area contributed by atoms with Crippen LogP contribution >= 0.6 is 0 Å². The molecule has 248 valence electrons. The number of anilines is 2. The molecular weight excluding hydrogens is 641 g/mol. The molecule has 0 saturated heterocycles. The van der Waals surface area contributed by atoms with Crippen LogP contribution in [0.4, 0.5) is 15.8 Å². The molecule has 3 aromatic heterocycles. The van der Waals surface area contributed by atoms with E-state index in [2.05, 4.69) is 15.6 Å². The minimum Gasteiger partial charge on any atom is -0.481 e. The zero-order valence-corrected chi connectivity index (χ0v) is 25.3. The van der Waals surface area contributed by atoms with E-state index in [0.717, 1.165) is 21.3 Å². The fourth-order valence-electron chi connectivity index (χ4n) is 4.71. The number of carboxylic acids is 2. The Hall–Kier alpha value is -6.90. The number of aromatic nitrogens is 3. The van der Waals surface area contributed by atoms with E-state index in [9.17, 15) is 28.8 Å². The van der Waals surface area contributed by atoms with Crippen molar-refractivity contribution in [3.05, 3.63) is 130 Å². The Bertz CT molecular complexity index is 2210. The Kier molecular flexibility index (Phi) is 10.0. The van der Waals surface area contributed by atoms with Crippen LogP contribution in [0.5, 0.6) is 5.75 Å². The zero-order chi connectivity index (χ0) is 35.1. The third-order valence-electron chi connectivity index (χ3n) is 6.94. The van der Waals surface area contributed by atoms with Crippen molar-refractivity contribution < 1.29 is 38.5 Å². The average Bonchev–Trinajstić information content (AvgIpc) is 3.07. The van der Waals surface area contributed by atoms with Crippen molar-refractivity contribution in [3.8, 4) is 28.1 Å². The molecule has 3 heterocycles. The van der Waals surface area contributed by atoms with Gasteiger partial charge in [0.1, 0.15) is 13.1 Å². The van der Waals surface area contributed by atoms with E-state index >= 15 is 4.39 Å². The van der Waals surface area contributed by atoms with E-state index < -0.39 is 60.4 Å². The summed E-state index contributed by atoms with van der Waals surface area (Å²) < 4.78 is 22.9. The van der Waals surface area contributed by atoms with E-state index in [0.29, 0.717) is 11.1 Å². The number of carbonyl (C=O) groups is 4. The van der Waals surface area contributed by atoms with Crippen molar-refractivity contribution in [2.24, 2.45) is 0 Å². The first-order valence-corrected chi connectivity index (χ1v) is 14.4. The number of rotatable bonds is 12. The minimum atomic E-state index is -1.24. The lowest BCUT2D eigenvalue weighted by molar-refractivity contribution is -0.138. The highest BCUT2D eigenvalue weighted by Crippen LogP contribution is 2.31. The van der Waals surface area contributed by atoms with Gasteiger partial charge in [0.15, 0.2) is 18.2 Å². The van der Waals surface area contributed by atoms with Crippen LogP contribution in [0, 0.1) is 5.82 Å². The molecule has 15 heteroatoms. The SMILES string of the molecule is O=C(O)Cn1cc(NC(=O)COc2cccc(-c3cc(-c4cccc(C(=O)Nc5ccc(=O)n(CC(=O)O)c5)c4)ccn3)c2F)ccc1=O. The van der Waals surface area contributed by atoms with Gasteiger partial charge in [0, 0.05) is 41.9 Å². The highest BCUT2D eigenvalue weighted by atomic mass is 19.1. The number of pyridine rings is 3. The predicted octanol–water partition coefficient (Wildman–Crippen LogP) is 3.32. The van der Waals surface area contributed by atoms with Gasteiger partial charge >= 0.3 is 11.9 Å². The molecule has 0 aliphatic heterocycles. The molecule has 5 rings (SSSR count). The molecule has 0 fully saturated rings. The van der Waals surface area contributed by atoms with E-state index in [1.54, 1.807) is 36.4 Å². The number of aliphatic carboxylic acids is 2. The Morgan fingerprint density at radius 2 is 1.37 bits per heavy atom. The number of halogens is 1. The van der Waals surface area contributed by atoms with E-state index in [4.69, 9.17) is 14.9 Å². The number of hydrogen-bond acceptors (Lipinski definition) is 8. The molecule has 0 atom stereocenters. The topological polar surface area (TPSA) is 199 Å². The fraction of sp³-hybridized carbons (Fsp3) is 0.0882. The second-order valence-corrected chi connectivity index (χ2v) is 10.5. The van der Waals surface area contributed by atoms with Gasteiger partial charge in [-0.2, -0.15) is 0 Å². The largest absolute Gasteiger partial charge is 0.481 e. The number of nitrogens with zero attached hydrogens (tertiary/aromatic N) is 3. The van der Waals surface area contributed by atoms with Gasteiger partial charge in [0.2, 0.25) is 0 Å². The molecule has 2 amide bonds. The van der Waals surface area contributed by atoms with Crippen LogP contribution < -0.4 is 26.5 Å². The summed E-state index contributed by atoms with van der Waals surface area (Å²) in [5.41, 5.74) is 1.04. The molecule has 14 nitrogen and oxygen atoms in total. The average molecular weight is 668 g/mol. The number of amides is 2. The summed E-state index contributed by atoms with van der Waals surface area (Å²) in [5.74, 6) is -4.66. The number of nitrogens with one attached hydrogen (secondary N) is 2. The molecule has 0 unspecified atom stereocenters. The van der Waals surface area contributed by atoms with Crippen molar-refractivity contribution >= 4 is 35.1 Å². The van der Waals surface area contributed by atoms with Crippen molar-refractivity contribution in [2.45, 2.75) is 13.1 Å². The fourth-order valence-corrected chi connectivity index (χ4v) is 4.71. The maximum Gasteiger partial charge on any atom is 0.323 e. The maximum absolute atomic E-state index is 15.6. The minimum absolute atomic E-state index is 0.0749. The monoisotopic (exact) mass is 667 g/mol. The molecule has 2 aromatic carbocycles. The normalized spacial score (nSPS) is 10.6. The van der Waals surface area contributed by atoms with Gasteiger partial charge in [-0.15, -0.1) is 0 Å². The number of carbonyl (C=O) groups excluding carboxylic acids is 2. The molecule has 0 spiro atoms. The molecule has 0 radical (unpaired) electrons. The van der Waals surface area contributed by atoms with Crippen LogP contribution in [0.2, 0.25) is 0 Å². The van der Waals surface area contributed by atoms with E-state index in [1.165, 1.54) is 48.9 Å². The van der Waals surface area contributed by atoms with Gasteiger partial charge in [0.05, 0.1) is 17.1 Å². The first-order valence-electron chi connectivity index (χ1n) is 14.4. The summed E-state index contributed by atoms with van der Waals surface area (Å²) in [6.07, 6.45) is 3.87. The molecule has 5 aromatic rings. The van der Waals surface area contributed by atoms with E-state index in [-0.39, 0.29) is 33.9 Å². The molecule has 0 aliphatic rings. The summed E-state index contributed by atoms with van der Waals surface area (Å²) in [7, 11) is 0. The van der Waals surface area contributed by atoms with Crippen LogP contribution in [0.1, 0.15) is 10.4 Å². The van der Waals surface area contributed by atoms with Gasteiger partial charge in [0.25, 0.3) is 22.9 Å². The Morgan fingerprint density at radius 3 is 2.02 bits per heavy atom. The summed E-state index contributed by atoms with van der Waals surface area (Å²) >= 11 is 0. The molecule has 0 aliphatic carbocycles. The highest BCUT2D eigenvalue weighted by Gasteiger charge is 2.16. The second kappa shape index (κ2) is 14.7. The molecule has 4 N–H and O–H groups in total. The van der Waals surface area contributed by atoms with Gasteiger partial charge in [-0.25, -0.2) is 4.39 Å². The molecule has 0 bridgehead atoms. The Labute approximate surface area is 275 Å². The number of carboxylic acid groups (broad SMARTS) is 2. The summed E-state index contributed by atoms with van der Waals surface area (Å²) in [5, 5.41) is 23.1. The van der Waals surface area contributed by atoms with E-state index in [1.807, 2.05) is 0 Å². The smallest absolute Gasteiger partial charge is 0.323 e. The third kappa shape index (κ3) is 8.48. The van der Waals surface area contributed by atoms with Gasteiger partial charge in [-0.05, 0) is 59.7 Å². The first kappa shape index (κ1) is 33.5. The summed E-state index contributed by atoms with van der Waals surface area (Å²) in [6.45, 7) is -1.75. The van der Waals surface area contributed by atoms with Gasteiger partial charge in [-0.1, -0.05) is 18.2 Å². The third-order valence-corrected chi connectivity index (χ3v) is 6.94. The quantitative estimate of drug-likeness (QED) is 0.153. The lowest BCUT2D eigenvalue weighted by Crippen LogP contribution is -2.25. The van der Waals surface area contributed by atoms with Crippen LogP contribution in [0.15, 0.2) is 107 Å². The van der Waals surface area contributed by atoms with Gasteiger partial charge < -0.3 is 34.7 Å². The first-order chi connectivity index (χ1) is 23.5. The number of hydrogen-bond donors (Lipinski definition) is 4. The maximum atomic E-state index is 15.6. The zero-order valence-electron chi connectivity index (χ0n) is 25.3. The van der Waals surface area contributed by atoms with Crippen LogP contribution in [0.3, 0.4) is 0 Å². The van der Waals surface area contributed by atoms with Crippen LogP contribution in [-0.2, 0) is 27.5 Å². The van der Waals surface area contributed by atoms with Crippen molar-refractivity contribution in [3.63, 3.8) is 0 Å². The summed E-state index contributed by atoms with van der Waals surface area (Å²) in [6, 6.07) is 19.1. The Balaban J connectivity index is 1.29. The number of ether oxygens (including phenoxy) is 1. The lowest BCUT2D eigenvalue weighted by atomic mass is 10.0. The van der Waals surface area contributed by atoms with Gasteiger partial charge in [-0.3, -0.25) is 33.8 Å². The van der Waals surface area contributed by atoms with Crippen molar-refractivity contribution in [1.29, 1.82) is 0 Å². The molecular formula is C34H26FN5O9. The Morgan fingerprint density at radius 1 is 0.755 bits per heavy atom. The summed E-state index contributed by atoms with van der Waals surface area (Å²) in [4.78, 5) is 75.5. The molecule has 0 saturated carbocycles. The molecule has 49 heavy (non-hydrogen) atoms. The van der Waals surface area contributed by atoms with Crippen LogP contribution in [0.25, 0.3) is 22.4 Å². The number of benzene rings is 2. The highest BCUT2D eigenvalue weighted by molar-refractivity contribution is 6.05. The second-order valence-electron chi connectivity index (χ2n) is 10.5. The lowest BCUT2D eigenvalue weighted by Gasteiger charge is -2.12.